The highest BCUT2D eigenvalue weighted by molar-refractivity contribution is 5.94. The molecule has 1 aliphatic rings. The molecule has 0 amide bonds. The summed E-state index contributed by atoms with van der Waals surface area (Å²) in [5, 5.41) is 4.08. The van der Waals surface area contributed by atoms with Crippen LogP contribution >= 0.6 is 0 Å². The van der Waals surface area contributed by atoms with E-state index in [-0.39, 0.29) is 0 Å². The van der Waals surface area contributed by atoms with Gasteiger partial charge in [-0.25, -0.2) is 4.79 Å². The van der Waals surface area contributed by atoms with Crippen molar-refractivity contribution in [2.45, 2.75) is 25.0 Å². The van der Waals surface area contributed by atoms with Crippen molar-refractivity contribution in [2.24, 2.45) is 5.16 Å². The second-order valence-corrected chi connectivity index (χ2v) is 6.05. The van der Waals surface area contributed by atoms with E-state index in [2.05, 4.69) is 5.16 Å². The van der Waals surface area contributed by atoms with Gasteiger partial charge >= 0.3 is 5.97 Å². The topological polar surface area (TPSA) is 57.1 Å². The van der Waals surface area contributed by atoms with Crippen molar-refractivity contribution < 1.29 is 19.1 Å². The van der Waals surface area contributed by atoms with Gasteiger partial charge in [-0.05, 0) is 11.1 Å². The molecule has 0 aliphatic carbocycles. The molecule has 1 heterocycles. The van der Waals surface area contributed by atoms with Gasteiger partial charge in [0.2, 0.25) is 5.60 Å². The van der Waals surface area contributed by atoms with Crippen molar-refractivity contribution in [3.05, 3.63) is 71.8 Å². The van der Waals surface area contributed by atoms with Gasteiger partial charge in [0.05, 0.1) is 26.0 Å². The Kier molecular flexibility index (Phi) is 5.46. The molecule has 130 valence electrons. The lowest BCUT2D eigenvalue weighted by Crippen LogP contribution is -2.42. The molecule has 0 aromatic heterocycles. The molecule has 0 N–H and O–H groups in total. The molecule has 5 heteroatoms. The standard InChI is InChI=1S/C20H21NO4/c1-23-19(22)20(12-16-8-4-2-5-9-16)13-18(21-25-20)15-24-14-17-10-6-3-7-11-17/h2-11H,12-15H2,1H3. The smallest absolute Gasteiger partial charge is 0.353 e. The van der Waals surface area contributed by atoms with Crippen LogP contribution < -0.4 is 0 Å². The molecular formula is C20H21NO4. The van der Waals surface area contributed by atoms with E-state index < -0.39 is 11.6 Å². The van der Waals surface area contributed by atoms with Crippen molar-refractivity contribution in [3.8, 4) is 0 Å². The molecule has 2 aromatic rings. The van der Waals surface area contributed by atoms with E-state index >= 15 is 0 Å². The second-order valence-electron chi connectivity index (χ2n) is 6.05. The summed E-state index contributed by atoms with van der Waals surface area (Å²) < 4.78 is 10.7. The van der Waals surface area contributed by atoms with Gasteiger partial charge in [-0.15, -0.1) is 0 Å². The van der Waals surface area contributed by atoms with E-state index in [0.717, 1.165) is 11.1 Å². The van der Waals surface area contributed by atoms with Gasteiger partial charge in [-0.3, -0.25) is 0 Å². The van der Waals surface area contributed by atoms with Crippen LogP contribution in [-0.4, -0.2) is 31.0 Å². The van der Waals surface area contributed by atoms with Crippen LogP contribution in [0.25, 0.3) is 0 Å². The van der Waals surface area contributed by atoms with Crippen LogP contribution in [-0.2, 0) is 32.1 Å². The van der Waals surface area contributed by atoms with Crippen LogP contribution in [0.5, 0.6) is 0 Å². The van der Waals surface area contributed by atoms with E-state index in [0.29, 0.717) is 31.8 Å². The predicted octanol–water partition coefficient (Wildman–Crippen LogP) is 3.13. The van der Waals surface area contributed by atoms with Gasteiger partial charge in [0, 0.05) is 12.8 Å². The highest BCUT2D eigenvalue weighted by Crippen LogP contribution is 2.30. The fourth-order valence-electron chi connectivity index (χ4n) is 2.87. The summed E-state index contributed by atoms with van der Waals surface area (Å²) in [6.45, 7) is 0.812. The van der Waals surface area contributed by atoms with E-state index in [9.17, 15) is 4.79 Å². The van der Waals surface area contributed by atoms with E-state index in [1.807, 2.05) is 60.7 Å². The van der Waals surface area contributed by atoms with Crippen LogP contribution in [0.2, 0.25) is 0 Å². The van der Waals surface area contributed by atoms with Crippen LogP contribution in [0, 0.1) is 0 Å². The number of carbonyl (C=O) groups is 1. The number of benzene rings is 2. The lowest BCUT2D eigenvalue weighted by Gasteiger charge is -2.23. The molecule has 1 unspecified atom stereocenters. The zero-order valence-corrected chi connectivity index (χ0v) is 14.2. The summed E-state index contributed by atoms with van der Waals surface area (Å²) in [7, 11) is 1.36. The Hall–Kier alpha value is -2.66. The monoisotopic (exact) mass is 339 g/mol. The number of hydrogen-bond acceptors (Lipinski definition) is 5. The molecule has 0 bridgehead atoms. The number of hydrogen-bond donors (Lipinski definition) is 0. The van der Waals surface area contributed by atoms with Crippen LogP contribution in [0.4, 0.5) is 0 Å². The molecule has 0 spiro atoms. The molecule has 5 nitrogen and oxygen atoms in total. The normalized spacial score (nSPS) is 19.2. The molecule has 3 rings (SSSR count). The summed E-state index contributed by atoms with van der Waals surface area (Å²) in [6.07, 6.45) is 0.773. The fraction of sp³-hybridized carbons (Fsp3) is 0.300. The minimum absolute atomic E-state index is 0.322. The van der Waals surface area contributed by atoms with E-state index in [1.54, 1.807) is 0 Å². The molecule has 0 radical (unpaired) electrons. The Morgan fingerprint density at radius 3 is 2.32 bits per heavy atom. The number of esters is 1. The molecule has 2 aromatic carbocycles. The molecule has 1 aliphatic heterocycles. The molecular weight excluding hydrogens is 318 g/mol. The number of carbonyl (C=O) groups excluding carboxylic acids is 1. The third kappa shape index (κ3) is 4.25. The quantitative estimate of drug-likeness (QED) is 0.727. The predicted molar refractivity (Wildman–Crippen MR) is 94.1 cm³/mol. The van der Waals surface area contributed by atoms with Gasteiger partial charge in [0.1, 0.15) is 0 Å². The first-order valence-corrected chi connectivity index (χ1v) is 8.20. The maximum atomic E-state index is 12.3. The fourth-order valence-corrected chi connectivity index (χ4v) is 2.87. The number of methoxy groups -OCH3 is 1. The van der Waals surface area contributed by atoms with Gasteiger partial charge in [0.25, 0.3) is 0 Å². The molecule has 0 saturated carbocycles. The molecule has 25 heavy (non-hydrogen) atoms. The highest BCUT2D eigenvalue weighted by Gasteiger charge is 2.47. The SMILES string of the molecule is COC(=O)C1(Cc2ccccc2)CC(COCc2ccccc2)=NO1. The minimum Gasteiger partial charge on any atom is -0.466 e. The maximum Gasteiger partial charge on any atom is 0.353 e. The third-order valence-electron chi connectivity index (χ3n) is 4.11. The first-order chi connectivity index (χ1) is 12.2. The zero-order valence-electron chi connectivity index (χ0n) is 14.2. The van der Waals surface area contributed by atoms with E-state index in [1.165, 1.54) is 7.11 Å². The average molecular weight is 339 g/mol. The average Bonchev–Trinajstić information content (AvgIpc) is 3.07. The number of rotatable bonds is 7. The first kappa shape index (κ1) is 17.2. The van der Waals surface area contributed by atoms with Crippen LogP contribution in [0.15, 0.2) is 65.8 Å². The van der Waals surface area contributed by atoms with Crippen molar-refractivity contribution >= 4 is 11.7 Å². The Morgan fingerprint density at radius 2 is 1.68 bits per heavy atom. The summed E-state index contributed by atoms with van der Waals surface area (Å²) in [6, 6.07) is 19.6. The number of nitrogens with zero attached hydrogens (tertiary/aromatic N) is 1. The minimum atomic E-state index is -1.11. The largest absolute Gasteiger partial charge is 0.466 e. The lowest BCUT2D eigenvalue weighted by atomic mass is 9.90. The Morgan fingerprint density at radius 1 is 1.04 bits per heavy atom. The lowest BCUT2D eigenvalue weighted by molar-refractivity contribution is -0.166. The summed E-state index contributed by atoms with van der Waals surface area (Å²) in [5.41, 5.74) is 1.68. The van der Waals surface area contributed by atoms with Crippen molar-refractivity contribution in [3.63, 3.8) is 0 Å². The molecule has 0 fully saturated rings. The first-order valence-electron chi connectivity index (χ1n) is 8.20. The molecule has 1 atom stereocenters. The summed E-state index contributed by atoms with van der Waals surface area (Å²) >= 11 is 0. The van der Waals surface area contributed by atoms with Gasteiger partial charge in [-0.2, -0.15) is 0 Å². The van der Waals surface area contributed by atoms with Crippen LogP contribution in [0.1, 0.15) is 17.5 Å². The van der Waals surface area contributed by atoms with Crippen molar-refractivity contribution in [1.82, 2.24) is 0 Å². The Labute approximate surface area is 147 Å². The van der Waals surface area contributed by atoms with Gasteiger partial charge in [0.15, 0.2) is 0 Å². The maximum absolute atomic E-state index is 12.3. The van der Waals surface area contributed by atoms with Crippen molar-refractivity contribution in [2.75, 3.05) is 13.7 Å². The Bertz CT molecular complexity index is 730. The number of oxime groups is 1. The number of ether oxygens (including phenoxy) is 2. The van der Waals surface area contributed by atoms with E-state index in [4.69, 9.17) is 14.3 Å². The van der Waals surface area contributed by atoms with Gasteiger partial charge < -0.3 is 14.3 Å². The summed E-state index contributed by atoms with van der Waals surface area (Å²) in [4.78, 5) is 17.9. The van der Waals surface area contributed by atoms with Crippen molar-refractivity contribution in [1.29, 1.82) is 0 Å². The highest BCUT2D eigenvalue weighted by atomic mass is 16.7. The summed E-state index contributed by atoms with van der Waals surface area (Å²) in [5.74, 6) is -0.418. The Balaban J connectivity index is 1.60. The van der Waals surface area contributed by atoms with Gasteiger partial charge in [-0.1, -0.05) is 65.8 Å². The second kappa shape index (κ2) is 7.94. The third-order valence-corrected chi connectivity index (χ3v) is 4.11. The zero-order chi connectivity index (χ0) is 17.5. The van der Waals surface area contributed by atoms with Crippen LogP contribution in [0.3, 0.4) is 0 Å². The molecule has 0 saturated heterocycles.